The van der Waals surface area contributed by atoms with Crippen LogP contribution in [-0.4, -0.2) is 29.6 Å². The van der Waals surface area contributed by atoms with Crippen molar-refractivity contribution in [3.05, 3.63) is 41.7 Å². The summed E-state index contributed by atoms with van der Waals surface area (Å²) in [5, 5.41) is 0. The first-order valence-corrected chi connectivity index (χ1v) is 8.00. The van der Waals surface area contributed by atoms with Crippen molar-refractivity contribution in [2.45, 2.75) is 25.8 Å². The van der Waals surface area contributed by atoms with E-state index in [1.54, 1.807) is 6.33 Å². The average molecular weight is 295 g/mol. The molecule has 0 amide bonds. The molecule has 2 aliphatic heterocycles. The van der Waals surface area contributed by atoms with E-state index in [0.29, 0.717) is 0 Å². The van der Waals surface area contributed by atoms with Gasteiger partial charge < -0.3 is 15.5 Å². The molecule has 3 heterocycles. The van der Waals surface area contributed by atoms with Gasteiger partial charge in [0.05, 0.1) is 0 Å². The molecular formula is C17H21N5. The summed E-state index contributed by atoms with van der Waals surface area (Å²) >= 11 is 0. The van der Waals surface area contributed by atoms with Crippen molar-refractivity contribution in [2.75, 3.05) is 35.2 Å². The summed E-state index contributed by atoms with van der Waals surface area (Å²) in [6, 6.07) is 8.62. The molecule has 0 bridgehead atoms. The van der Waals surface area contributed by atoms with E-state index in [0.717, 1.165) is 49.9 Å². The number of rotatable bonds is 2. The Hall–Kier alpha value is -2.30. The molecule has 5 heteroatoms. The third kappa shape index (κ3) is 2.26. The van der Waals surface area contributed by atoms with Crippen molar-refractivity contribution in [3.63, 3.8) is 0 Å². The molecule has 2 aliphatic rings. The van der Waals surface area contributed by atoms with E-state index in [1.165, 1.54) is 24.0 Å². The minimum absolute atomic E-state index is 0.726. The Morgan fingerprint density at radius 1 is 0.864 bits per heavy atom. The smallest absolute Gasteiger partial charge is 0.157 e. The maximum Gasteiger partial charge on any atom is 0.157 e. The van der Waals surface area contributed by atoms with Gasteiger partial charge in [-0.05, 0) is 30.4 Å². The molecule has 0 aliphatic carbocycles. The van der Waals surface area contributed by atoms with Crippen LogP contribution >= 0.6 is 0 Å². The van der Waals surface area contributed by atoms with Gasteiger partial charge in [0.25, 0.3) is 0 Å². The fraction of sp³-hybridized carbons (Fsp3) is 0.412. The van der Waals surface area contributed by atoms with Crippen molar-refractivity contribution in [1.82, 2.24) is 9.97 Å². The summed E-state index contributed by atoms with van der Waals surface area (Å²) in [7, 11) is 0. The molecule has 1 aromatic heterocycles. The summed E-state index contributed by atoms with van der Waals surface area (Å²) in [4.78, 5) is 13.4. The quantitative estimate of drug-likeness (QED) is 0.920. The highest BCUT2D eigenvalue weighted by Crippen LogP contribution is 2.33. The highest BCUT2D eigenvalue weighted by atomic mass is 15.3. The van der Waals surface area contributed by atoms with E-state index in [9.17, 15) is 0 Å². The Balaban J connectivity index is 1.65. The zero-order valence-corrected chi connectivity index (χ0v) is 12.7. The number of nitrogens with zero attached hydrogens (tertiary/aromatic N) is 4. The molecule has 0 spiro atoms. The second-order valence-electron chi connectivity index (χ2n) is 6.07. The van der Waals surface area contributed by atoms with Gasteiger partial charge in [-0.3, -0.25) is 0 Å². The zero-order chi connectivity index (χ0) is 14.9. The summed E-state index contributed by atoms with van der Waals surface area (Å²) in [6.45, 7) is 3.92. The van der Waals surface area contributed by atoms with Gasteiger partial charge in [-0.15, -0.1) is 0 Å². The van der Waals surface area contributed by atoms with Crippen molar-refractivity contribution < 1.29 is 0 Å². The van der Waals surface area contributed by atoms with Crippen molar-refractivity contribution in [3.8, 4) is 0 Å². The zero-order valence-electron chi connectivity index (χ0n) is 12.7. The van der Waals surface area contributed by atoms with Crippen molar-refractivity contribution >= 4 is 17.3 Å². The fourth-order valence-electron chi connectivity index (χ4n) is 3.49. The third-order valence-corrected chi connectivity index (χ3v) is 4.68. The molecule has 4 rings (SSSR count). The lowest BCUT2D eigenvalue weighted by Gasteiger charge is -2.31. The number of anilines is 3. The van der Waals surface area contributed by atoms with Gasteiger partial charge >= 0.3 is 0 Å². The van der Waals surface area contributed by atoms with Gasteiger partial charge in [0.2, 0.25) is 0 Å². The van der Waals surface area contributed by atoms with Crippen LogP contribution in [0.1, 0.15) is 24.0 Å². The number of fused-ring (bicyclic) bond motifs is 1. The standard InChI is InChI=1S/C17H21N5/c18-15-16(21-8-3-4-9-21)19-12-20-17(15)22-10-7-13-5-1-2-6-14(13)11-22/h1-2,5-6,12H,3-4,7-11,18H2. The number of aromatic nitrogens is 2. The predicted molar refractivity (Wildman–Crippen MR) is 89.1 cm³/mol. The topological polar surface area (TPSA) is 58.3 Å². The molecule has 0 saturated carbocycles. The van der Waals surface area contributed by atoms with E-state index >= 15 is 0 Å². The van der Waals surface area contributed by atoms with Gasteiger partial charge in [-0.2, -0.15) is 0 Å². The lowest BCUT2D eigenvalue weighted by molar-refractivity contribution is 0.720. The molecule has 1 saturated heterocycles. The van der Waals surface area contributed by atoms with Crippen LogP contribution in [0.5, 0.6) is 0 Å². The summed E-state index contributed by atoms with van der Waals surface area (Å²) in [5.74, 6) is 1.78. The minimum Gasteiger partial charge on any atom is -0.393 e. The van der Waals surface area contributed by atoms with Crippen LogP contribution in [-0.2, 0) is 13.0 Å². The van der Waals surface area contributed by atoms with E-state index in [2.05, 4.69) is 44.0 Å². The van der Waals surface area contributed by atoms with Gasteiger partial charge in [0.1, 0.15) is 12.0 Å². The molecule has 2 aromatic rings. The van der Waals surface area contributed by atoms with Gasteiger partial charge in [-0.25, -0.2) is 9.97 Å². The van der Waals surface area contributed by atoms with Crippen LogP contribution < -0.4 is 15.5 Å². The van der Waals surface area contributed by atoms with Crippen LogP contribution in [0.3, 0.4) is 0 Å². The van der Waals surface area contributed by atoms with Crippen LogP contribution in [0.15, 0.2) is 30.6 Å². The Kier molecular flexibility index (Phi) is 3.33. The maximum atomic E-state index is 6.41. The molecule has 0 atom stereocenters. The van der Waals surface area contributed by atoms with E-state index in [-0.39, 0.29) is 0 Å². The maximum absolute atomic E-state index is 6.41. The first-order chi connectivity index (χ1) is 10.8. The number of benzene rings is 1. The SMILES string of the molecule is Nc1c(N2CCCC2)ncnc1N1CCc2ccccc2C1. The van der Waals surface area contributed by atoms with Crippen LogP contribution in [0.2, 0.25) is 0 Å². The summed E-state index contributed by atoms with van der Waals surface area (Å²) < 4.78 is 0. The van der Waals surface area contributed by atoms with Crippen molar-refractivity contribution in [2.24, 2.45) is 0 Å². The monoisotopic (exact) mass is 295 g/mol. The van der Waals surface area contributed by atoms with Crippen molar-refractivity contribution in [1.29, 1.82) is 0 Å². The molecule has 1 aromatic carbocycles. The molecule has 1 fully saturated rings. The first kappa shape index (κ1) is 13.4. The van der Waals surface area contributed by atoms with E-state index < -0.39 is 0 Å². The molecule has 0 radical (unpaired) electrons. The Bertz CT molecular complexity index is 678. The Morgan fingerprint density at radius 2 is 1.55 bits per heavy atom. The lowest BCUT2D eigenvalue weighted by atomic mass is 10.00. The minimum atomic E-state index is 0.726. The highest BCUT2D eigenvalue weighted by molar-refractivity contribution is 5.76. The largest absolute Gasteiger partial charge is 0.393 e. The number of hydrogen-bond acceptors (Lipinski definition) is 5. The normalized spacial score (nSPS) is 17.6. The molecule has 5 nitrogen and oxygen atoms in total. The molecule has 22 heavy (non-hydrogen) atoms. The van der Waals surface area contributed by atoms with Gasteiger partial charge in [-0.1, -0.05) is 24.3 Å². The van der Waals surface area contributed by atoms with E-state index in [4.69, 9.17) is 5.73 Å². The van der Waals surface area contributed by atoms with Gasteiger partial charge in [0.15, 0.2) is 11.6 Å². The lowest BCUT2D eigenvalue weighted by Crippen LogP contribution is -2.32. The van der Waals surface area contributed by atoms with E-state index in [1.807, 2.05) is 0 Å². The van der Waals surface area contributed by atoms with Crippen LogP contribution in [0.25, 0.3) is 0 Å². The molecule has 114 valence electrons. The Morgan fingerprint density at radius 3 is 2.32 bits per heavy atom. The predicted octanol–water partition coefficient (Wildman–Crippen LogP) is 2.22. The fourth-order valence-corrected chi connectivity index (χ4v) is 3.49. The first-order valence-electron chi connectivity index (χ1n) is 8.00. The number of hydrogen-bond donors (Lipinski definition) is 1. The average Bonchev–Trinajstić information content (AvgIpc) is 3.09. The number of nitrogens with two attached hydrogens (primary N) is 1. The third-order valence-electron chi connectivity index (χ3n) is 4.68. The second-order valence-corrected chi connectivity index (χ2v) is 6.07. The van der Waals surface area contributed by atoms with Crippen LogP contribution in [0, 0.1) is 0 Å². The molecular weight excluding hydrogens is 274 g/mol. The van der Waals surface area contributed by atoms with Gasteiger partial charge in [0, 0.05) is 26.2 Å². The second kappa shape index (κ2) is 5.48. The molecule has 0 unspecified atom stereocenters. The summed E-state index contributed by atoms with van der Waals surface area (Å²) in [5.41, 5.74) is 9.94. The molecule has 2 N–H and O–H groups in total. The highest BCUT2D eigenvalue weighted by Gasteiger charge is 2.23. The summed E-state index contributed by atoms with van der Waals surface area (Å²) in [6.07, 6.45) is 5.13. The Labute approximate surface area is 130 Å². The number of nitrogen functional groups attached to an aromatic ring is 1. The van der Waals surface area contributed by atoms with Crippen LogP contribution in [0.4, 0.5) is 17.3 Å².